The second-order valence-corrected chi connectivity index (χ2v) is 9.66. The van der Waals surface area contributed by atoms with Gasteiger partial charge in [-0.15, -0.1) is 0 Å². The molecule has 2 heterocycles. The number of carbonyl (C=O) groups is 2. The number of amides is 2. The minimum atomic E-state index is -3.13. The molecule has 1 aromatic rings. The van der Waals surface area contributed by atoms with Gasteiger partial charge in [-0.2, -0.15) is 5.10 Å². The summed E-state index contributed by atoms with van der Waals surface area (Å²) in [5.41, 5.74) is 3.66. The number of hydrazone groups is 1. The third-order valence-electron chi connectivity index (χ3n) is 5.11. The van der Waals surface area contributed by atoms with Crippen LogP contribution in [0.4, 0.5) is 0 Å². The van der Waals surface area contributed by atoms with Crippen molar-refractivity contribution < 1.29 is 18.0 Å². The summed E-state index contributed by atoms with van der Waals surface area (Å²) in [5.74, 6) is -0.464. The molecule has 0 aliphatic carbocycles. The largest absolute Gasteiger partial charge is 0.336 e. The third-order valence-corrected chi connectivity index (χ3v) is 6.86. The van der Waals surface area contributed by atoms with Crippen LogP contribution < -0.4 is 0 Å². The van der Waals surface area contributed by atoms with Gasteiger partial charge in [0.15, 0.2) is 9.84 Å². The Morgan fingerprint density at radius 2 is 2.04 bits per heavy atom. The first kappa shape index (κ1) is 19.5. The van der Waals surface area contributed by atoms with E-state index in [4.69, 9.17) is 0 Å². The predicted molar refractivity (Wildman–Crippen MR) is 103 cm³/mol. The molecule has 0 aromatic heterocycles. The molecule has 0 bridgehead atoms. The number of carbonyl (C=O) groups excluding carboxylic acids is 2. The number of aryl methyl sites for hydroxylation is 2. The van der Waals surface area contributed by atoms with E-state index in [9.17, 15) is 18.0 Å². The van der Waals surface area contributed by atoms with E-state index in [1.807, 2.05) is 26.0 Å². The fraction of sp³-hybridized carbons (Fsp3) is 0.526. The molecular formula is C19H25N3O4S. The summed E-state index contributed by atoms with van der Waals surface area (Å²) in [6.07, 6.45) is 0.834. The Bertz CT molecular complexity index is 908. The Hall–Kier alpha value is -2.22. The minimum Gasteiger partial charge on any atom is -0.336 e. The monoisotopic (exact) mass is 391 g/mol. The first-order chi connectivity index (χ1) is 12.7. The fourth-order valence-electron chi connectivity index (χ4n) is 3.55. The van der Waals surface area contributed by atoms with E-state index in [1.165, 1.54) is 10.6 Å². The first-order valence-electron chi connectivity index (χ1n) is 9.08. The van der Waals surface area contributed by atoms with Crippen molar-refractivity contribution in [1.82, 2.24) is 9.91 Å². The number of rotatable bonds is 4. The van der Waals surface area contributed by atoms with Crippen LogP contribution in [-0.4, -0.2) is 60.4 Å². The Kier molecular flexibility index (Phi) is 5.37. The second kappa shape index (κ2) is 7.42. The molecular weight excluding hydrogens is 366 g/mol. The first-order valence-corrected chi connectivity index (χ1v) is 10.9. The van der Waals surface area contributed by atoms with Crippen LogP contribution in [0.15, 0.2) is 23.3 Å². The molecule has 27 heavy (non-hydrogen) atoms. The minimum absolute atomic E-state index is 0.0624. The molecule has 2 amide bonds. The van der Waals surface area contributed by atoms with E-state index in [2.05, 4.69) is 11.2 Å². The summed E-state index contributed by atoms with van der Waals surface area (Å²) < 4.78 is 23.4. The van der Waals surface area contributed by atoms with Crippen LogP contribution in [0.2, 0.25) is 0 Å². The molecule has 2 aliphatic rings. The number of benzene rings is 1. The summed E-state index contributed by atoms with van der Waals surface area (Å²) in [6.45, 7) is 4.49. The van der Waals surface area contributed by atoms with E-state index in [-0.39, 0.29) is 36.2 Å². The van der Waals surface area contributed by atoms with E-state index >= 15 is 0 Å². The Balaban J connectivity index is 1.74. The highest BCUT2D eigenvalue weighted by Crippen LogP contribution is 2.23. The van der Waals surface area contributed by atoms with E-state index in [1.54, 1.807) is 11.9 Å². The topological polar surface area (TPSA) is 87.1 Å². The van der Waals surface area contributed by atoms with Crippen LogP contribution in [0.1, 0.15) is 36.0 Å². The molecule has 0 N–H and O–H groups in total. The van der Waals surface area contributed by atoms with Crippen LogP contribution in [0.5, 0.6) is 0 Å². The van der Waals surface area contributed by atoms with Crippen molar-refractivity contribution in [2.75, 3.05) is 18.6 Å². The molecule has 0 saturated carbocycles. The number of sulfone groups is 1. The summed E-state index contributed by atoms with van der Waals surface area (Å²) >= 11 is 0. The van der Waals surface area contributed by atoms with Gasteiger partial charge in [0.05, 0.1) is 17.5 Å². The normalized spacial score (nSPS) is 21.9. The van der Waals surface area contributed by atoms with Crippen LogP contribution in [0.3, 0.4) is 0 Å². The van der Waals surface area contributed by atoms with Crippen molar-refractivity contribution in [2.24, 2.45) is 5.10 Å². The standard InChI is InChI=1S/C19H25N3O4S/c1-13-4-5-15(14(2)10-13)11-21(3)19(24)17-6-7-18(23)22(20-17)16-8-9-27(25,26)12-16/h4-5,10,16H,6-9,11-12H2,1-3H3. The highest BCUT2D eigenvalue weighted by atomic mass is 32.2. The molecule has 8 heteroatoms. The van der Waals surface area contributed by atoms with Gasteiger partial charge in [0, 0.05) is 26.4 Å². The second-order valence-electron chi connectivity index (χ2n) is 7.43. The lowest BCUT2D eigenvalue weighted by molar-refractivity contribution is -0.134. The fourth-order valence-corrected chi connectivity index (χ4v) is 5.24. The Labute approximate surface area is 159 Å². The zero-order valence-corrected chi connectivity index (χ0v) is 16.8. The van der Waals surface area contributed by atoms with E-state index in [0.717, 1.165) is 11.1 Å². The lowest BCUT2D eigenvalue weighted by atomic mass is 10.0. The molecule has 3 rings (SSSR count). The van der Waals surface area contributed by atoms with Gasteiger partial charge in [-0.25, -0.2) is 13.4 Å². The molecule has 1 atom stereocenters. The third kappa shape index (κ3) is 4.37. The number of hydrogen-bond donors (Lipinski definition) is 0. The van der Waals surface area contributed by atoms with Gasteiger partial charge in [-0.3, -0.25) is 9.59 Å². The van der Waals surface area contributed by atoms with E-state index < -0.39 is 15.9 Å². The molecule has 146 valence electrons. The summed E-state index contributed by atoms with van der Waals surface area (Å²) in [4.78, 5) is 26.6. The van der Waals surface area contributed by atoms with Crippen LogP contribution in [0.25, 0.3) is 0 Å². The van der Waals surface area contributed by atoms with Crippen LogP contribution >= 0.6 is 0 Å². The van der Waals surface area contributed by atoms with Crippen LogP contribution in [-0.2, 0) is 26.0 Å². The van der Waals surface area contributed by atoms with Gasteiger partial charge in [-0.05, 0) is 31.4 Å². The average molecular weight is 391 g/mol. The highest BCUT2D eigenvalue weighted by molar-refractivity contribution is 7.91. The van der Waals surface area contributed by atoms with Crippen molar-refractivity contribution in [1.29, 1.82) is 0 Å². The zero-order chi connectivity index (χ0) is 19.8. The lowest BCUT2D eigenvalue weighted by Crippen LogP contribution is -2.44. The van der Waals surface area contributed by atoms with Crippen molar-refractivity contribution in [3.63, 3.8) is 0 Å². The Morgan fingerprint density at radius 1 is 1.30 bits per heavy atom. The van der Waals surface area contributed by atoms with Gasteiger partial charge >= 0.3 is 0 Å². The number of nitrogens with zero attached hydrogens (tertiary/aromatic N) is 3. The van der Waals surface area contributed by atoms with Crippen molar-refractivity contribution in [3.05, 3.63) is 34.9 Å². The smallest absolute Gasteiger partial charge is 0.270 e. The molecule has 2 aliphatic heterocycles. The maximum absolute atomic E-state index is 12.8. The summed E-state index contributed by atoms with van der Waals surface area (Å²) in [7, 11) is -1.42. The van der Waals surface area contributed by atoms with Gasteiger partial charge < -0.3 is 4.90 Å². The molecule has 0 radical (unpaired) electrons. The van der Waals surface area contributed by atoms with Crippen LogP contribution in [0, 0.1) is 13.8 Å². The van der Waals surface area contributed by atoms with Gasteiger partial charge in [-0.1, -0.05) is 23.8 Å². The van der Waals surface area contributed by atoms with Gasteiger partial charge in [0.1, 0.15) is 5.71 Å². The maximum Gasteiger partial charge on any atom is 0.270 e. The maximum atomic E-state index is 12.8. The molecule has 1 saturated heterocycles. The summed E-state index contributed by atoms with van der Waals surface area (Å²) in [5, 5.41) is 5.48. The lowest BCUT2D eigenvalue weighted by Gasteiger charge is -2.29. The van der Waals surface area contributed by atoms with Crippen molar-refractivity contribution >= 4 is 27.4 Å². The molecule has 1 unspecified atom stereocenters. The van der Waals surface area contributed by atoms with Crippen molar-refractivity contribution in [2.45, 2.75) is 45.7 Å². The highest BCUT2D eigenvalue weighted by Gasteiger charge is 2.37. The van der Waals surface area contributed by atoms with Gasteiger partial charge in [0.25, 0.3) is 5.91 Å². The zero-order valence-electron chi connectivity index (χ0n) is 15.9. The van der Waals surface area contributed by atoms with Gasteiger partial charge in [0.2, 0.25) is 5.91 Å². The SMILES string of the molecule is Cc1ccc(CN(C)C(=O)C2=NN(C3CCS(=O)(=O)C3)C(=O)CC2)c(C)c1. The molecule has 1 aromatic carbocycles. The quantitative estimate of drug-likeness (QED) is 0.777. The molecule has 7 nitrogen and oxygen atoms in total. The molecule has 0 spiro atoms. The summed E-state index contributed by atoms with van der Waals surface area (Å²) in [6, 6.07) is 5.64. The van der Waals surface area contributed by atoms with Crippen molar-refractivity contribution in [3.8, 4) is 0 Å². The number of hydrogen-bond acceptors (Lipinski definition) is 5. The average Bonchev–Trinajstić information content (AvgIpc) is 2.97. The molecule has 1 fully saturated rings. The van der Waals surface area contributed by atoms with E-state index in [0.29, 0.717) is 18.7 Å². The Morgan fingerprint density at radius 3 is 2.67 bits per heavy atom. The predicted octanol–water partition coefficient (Wildman–Crippen LogP) is 1.43.